The van der Waals surface area contributed by atoms with Gasteiger partial charge in [-0.05, 0) is 29.1 Å². The summed E-state index contributed by atoms with van der Waals surface area (Å²) in [5.41, 5.74) is 0.807. The molecule has 1 aromatic carbocycles. The van der Waals surface area contributed by atoms with E-state index in [1.54, 1.807) is 23.5 Å². The zero-order valence-electron chi connectivity index (χ0n) is 9.77. The summed E-state index contributed by atoms with van der Waals surface area (Å²) < 4.78 is 18.0. The standard InChI is InChI=1S/C14H13FO2S/c15-12-5-3-11(4-6-12)8-13(16)9-17-10-14-2-1-7-18-14/h1-7H,8-10H2. The minimum absolute atomic E-state index is 0.00170. The number of hydrogen-bond acceptors (Lipinski definition) is 3. The van der Waals surface area contributed by atoms with Gasteiger partial charge in [0.1, 0.15) is 12.4 Å². The van der Waals surface area contributed by atoms with Gasteiger partial charge in [0, 0.05) is 11.3 Å². The molecule has 1 heterocycles. The molecule has 2 nitrogen and oxygen atoms in total. The number of thiophene rings is 1. The number of ketones is 1. The SMILES string of the molecule is O=C(COCc1cccs1)Cc1ccc(F)cc1. The van der Waals surface area contributed by atoms with Crippen LogP contribution in [0.4, 0.5) is 4.39 Å². The Balaban J connectivity index is 1.73. The van der Waals surface area contributed by atoms with Crippen LogP contribution in [-0.4, -0.2) is 12.4 Å². The fourth-order valence-electron chi connectivity index (χ4n) is 1.54. The van der Waals surface area contributed by atoms with Gasteiger partial charge in [0.2, 0.25) is 0 Å². The van der Waals surface area contributed by atoms with Crippen molar-refractivity contribution in [3.63, 3.8) is 0 Å². The van der Waals surface area contributed by atoms with Gasteiger partial charge < -0.3 is 4.74 Å². The van der Waals surface area contributed by atoms with Crippen LogP contribution in [-0.2, 0) is 22.6 Å². The van der Waals surface area contributed by atoms with Crippen LogP contribution in [0.15, 0.2) is 41.8 Å². The van der Waals surface area contributed by atoms with Gasteiger partial charge in [-0.3, -0.25) is 4.79 Å². The molecule has 0 unspecified atom stereocenters. The molecular weight excluding hydrogens is 251 g/mol. The highest BCUT2D eigenvalue weighted by Gasteiger charge is 2.04. The molecule has 0 radical (unpaired) electrons. The number of ether oxygens (including phenoxy) is 1. The minimum atomic E-state index is -0.292. The highest BCUT2D eigenvalue weighted by molar-refractivity contribution is 7.09. The van der Waals surface area contributed by atoms with Gasteiger partial charge >= 0.3 is 0 Å². The zero-order chi connectivity index (χ0) is 12.8. The predicted octanol–water partition coefficient (Wildman–Crippen LogP) is 3.22. The van der Waals surface area contributed by atoms with Crippen molar-refractivity contribution in [2.75, 3.05) is 6.61 Å². The normalized spacial score (nSPS) is 10.5. The number of halogens is 1. The van der Waals surface area contributed by atoms with Crippen LogP contribution < -0.4 is 0 Å². The van der Waals surface area contributed by atoms with Crippen LogP contribution in [0.2, 0.25) is 0 Å². The summed E-state index contributed by atoms with van der Waals surface area (Å²) in [6.07, 6.45) is 0.282. The molecular formula is C14H13FO2S. The molecule has 0 fully saturated rings. The molecule has 0 amide bonds. The van der Waals surface area contributed by atoms with Crippen molar-refractivity contribution in [3.05, 3.63) is 58.0 Å². The molecule has 0 aliphatic rings. The molecule has 0 N–H and O–H groups in total. The summed E-state index contributed by atoms with van der Waals surface area (Å²) in [5.74, 6) is -0.293. The quantitative estimate of drug-likeness (QED) is 0.800. The Kier molecular flexibility index (Phi) is 4.61. The lowest BCUT2D eigenvalue weighted by molar-refractivity contribution is -0.123. The highest BCUT2D eigenvalue weighted by atomic mass is 32.1. The van der Waals surface area contributed by atoms with Crippen molar-refractivity contribution >= 4 is 17.1 Å². The van der Waals surface area contributed by atoms with Crippen molar-refractivity contribution < 1.29 is 13.9 Å². The maximum Gasteiger partial charge on any atom is 0.162 e. The lowest BCUT2D eigenvalue weighted by Gasteiger charge is -2.02. The first-order valence-corrected chi connectivity index (χ1v) is 6.48. The Morgan fingerprint density at radius 1 is 1.22 bits per heavy atom. The Bertz CT molecular complexity index is 491. The third-order valence-corrected chi connectivity index (χ3v) is 3.25. The average molecular weight is 264 g/mol. The Hall–Kier alpha value is -1.52. The number of carbonyl (C=O) groups excluding carboxylic acids is 1. The van der Waals surface area contributed by atoms with Crippen LogP contribution in [0.1, 0.15) is 10.4 Å². The highest BCUT2D eigenvalue weighted by Crippen LogP contribution is 2.10. The van der Waals surface area contributed by atoms with Gasteiger partial charge in [-0.2, -0.15) is 0 Å². The van der Waals surface area contributed by atoms with Crippen molar-refractivity contribution in [2.45, 2.75) is 13.0 Å². The van der Waals surface area contributed by atoms with E-state index in [2.05, 4.69) is 0 Å². The van der Waals surface area contributed by atoms with Crippen LogP contribution in [0.25, 0.3) is 0 Å². The van der Waals surface area contributed by atoms with Gasteiger partial charge in [-0.1, -0.05) is 18.2 Å². The molecule has 18 heavy (non-hydrogen) atoms. The van der Waals surface area contributed by atoms with E-state index < -0.39 is 0 Å². The lowest BCUT2D eigenvalue weighted by atomic mass is 10.1. The number of Topliss-reactive ketones (excluding diaryl/α,β-unsaturated/α-hetero) is 1. The van der Waals surface area contributed by atoms with Crippen molar-refractivity contribution in [1.82, 2.24) is 0 Å². The van der Waals surface area contributed by atoms with Crippen molar-refractivity contribution in [1.29, 1.82) is 0 Å². The monoisotopic (exact) mass is 264 g/mol. The molecule has 0 saturated carbocycles. The number of rotatable bonds is 6. The predicted molar refractivity (Wildman–Crippen MR) is 69.1 cm³/mol. The zero-order valence-corrected chi connectivity index (χ0v) is 10.6. The van der Waals surface area contributed by atoms with Gasteiger partial charge in [-0.15, -0.1) is 11.3 Å². The van der Waals surface area contributed by atoms with Gasteiger partial charge in [0.25, 0.3) is 0 Å². The van der Waals surface area contributed by atoms with E-state index in [9.17, 15) is 9.18 Å². The first-order valence-electron chi connectivity index (χ1n) is 5.60. The second kappa shape index (κ2) is 6.42. The molecule has 0 spiro atoms. The Morgan fingerprint density at radius 2 is 2.00 bits per heavy atom. The summed E-state index contributed by atoms with van der Waals surface area (Å²) in [5, 5.41) is 1.97. The van der Waals surface area contributed by atoms with E-state index in [4.69, 9.17) is 4.74 Å². The van der Waals surface area contributed by atoms with Crippen LogP contribution >= 0.6 is 11.3 Å². The molecule has 94 valence electrons. The lowest BCUT2D eigenvalue weighted by Crippen LogP contribution is -2.11. The van der Waals surface area contributed by atoms with Crippen LogP contribution in [0, 0.1) is 5.82 Å². The third kappa shape index (κ3) is 4.05. The molecule has 0 atom stereocenters. The largest absolute Gasteiger partial charge is 0.368 e. The fraction of sp³-hybridized carbons (Fsp3) is 0.214. The summed E-state index contributed by atoms with van der Waals surface area (Å²) >= 11 is 1.60. The van der Waals surface area contributed by atoms with Gasteiger partial charge in [0.15, 0.2) is 5.78 Å². The molecule has 0 saturated heterocycles. The summed E-state index contributed by atoms with van der Waals surface area (Å²) in [7, 11) is 0. The summed E-state index contributed by atoms with van der Waals surface area (Å²) in [6.45, 7) is 0.558. The van der Waals surface area contributed by atoms with Crippen molar-refractivity contribution in [3.8, 4) is 0 Å². The van der Waals surface area contributed by atoms with Crippen LogP contribution in [0.5, 0.6) is 0 Å². The van der Waals surface area contributed by atoms with E-state index in [-0.39, 0.29) is 24.6 Å². The van der Waals surface area contributed by atoms with E-state index in [0.717, 1.165) is 10.4 Å². The molecule has 4 heteroatoms. The molecule has 2 rings (SSSR count). The minimum Gasteiger partial charge on any atom is -0.368 e. The van der Waals surface area contributed by atoms with E-state index in [0.29, 0.717) is 6.61 Å². The molecule has 0 bridgehead atoms. The molecule has 0 aliphatic heterocycles. The summed E-state index contributed by atoms with van der Waals surface area (Å²) in [6, 6.07) is 9.86. The topological polar surface area (TPSA) is 26.3 Å². The molecule has 2 aromatic rings. The van der Waals surface area contributed by atoms with E-state index in [1.807, 2.05) is 17.5 Å². The molecule has 1 aromatic heterocycles. The number of hydrogen-bond donors (Lipinski definition) is 0. The maximum absolute atomic E-state index is 12.7. The Labute approximate surface area is 109 Å². The van der Waals surface area contributed by atoms with Crippen molar-refractivity contribution in [2.24, 2.45) is 0 Å². The Morgan fingerprint density at radius 3 is 2.67 bits per heavy atom. The van der Waals surface area contributed by atoms with E-state index in [1.165, 1.54) is 12.1 Å². The first kappa shape index (κ1) is 12.9. The maximum atomic E-state index is 12.7. The average Bonchev–Trinajstić information content (AvgIpc) is 2.85. The summed E-state index contributed by atoms with van der Waals surface area (Å²) in [4.78, 5) is 12.7. The third-order valence-electron chi connectivity index (χ3n) is 2.40. The van der Waals surface area contributed by atoms with Crippen LogP contribution in [0.3, 0.4) is 0 Å². The first-order chi connectivity index (χ1) is 8.74. The number of carbonyl (C=O) groups is 1. The number of benzene rings is 1. The molecule has 0 aliphatic carbocycles. The van der Waals surface area contributed by atoms with Gasteiger partial charge in [0.05, 0.1) is 6.61 Å². The fourth-order valence-corrected chi connectivity index (χ4v) is 2.18. The smallest absolute Gasteiger partial charge is 0.162 e. The van der Waals surface area contributed by atoms with E-state index >= 15 is 0 Å². The second-order valence-corrected chi connectivity index (χ2v) is 4.95. The van der Waals surface area contributed by atoms with Gasteiger partial charge in [-0.25, -0.2) is 4.39 Å². The second-order valence-electron chi connectivity index (χ2n) is 3.91.